The maximum Gasteiger partial charge on any atom is 0.306 e. The lowest BCUT2D eigenvalue weighted by Crippen LogP contribution is -2.23. The summed E-state index contributed by atoms with van der Waals surface area (Å²) >= 11 is 0. The highest BCUT2D eigenvalue weighted by Crippen LogP contribution is 2.28. The Labute approximate surface area is 178 Å². The summed E-state index contributed by atoms with van der Waals surface area (Å²) in [6, 6.07) is 15.4. The first-order valence-corrected chi connectivity index (χ1v) is 10.4. The van der Waals surface area contributed by atoms with Crippen molar-refractivity contribution in [1.29, 1.82) is 0 Å². The third kappa shape index (κ3) is 8.55. The molecule has 2 aromatic rings. The molecule has 0 saturated carbocycles. The highest BCUT2D eigenvalue weighted by atomic mass is 16.5. The van der Waals surface area contributed by atoms with Gasteiger partial charge in [0.2, 0.25) is 5.91 Å². The zero-order valence-corrected chi connectivity index (χ0v) is 17.8. The first-order valence-electron chi connectivity index (χ1n) is 10.4. The Bertz CT molecular complexity index is 791. The number of hydrogen-bond donors (Lipinski definition) is 1. The molecule has 162 valence electrons. The first kappa shape index (κ1) is 23.3. The molecule has 2 rings (SSSR count). The molecule has 0 saturated heterocycles. The van der Waals surface area contributed by atoms with E-state index in [1.165, 1.54) is 0 Å². The van der Waals surface area contributed by atoms with E-state index >= 15 is 0 Å². The lowest BCUT2D eigenvalue weighted by molar-refractivity contribution is -0.144. The Balaban J connectivity index is 1.67. The van der Waals surface area contributed by atoms with Gasteiger partial charge in [-0.2, -0.15) is 0 Å². The van der Waals surface area contributed by atoms with Gasteiger partial charge in [-0.25, -0.2) is 0 Å². The van der Waals surface area contributed by atoms with Gasteiger partial charge in [0.1, 0.15) is 0 Å². The summed E-state index contributed by atoms with van der Waals surface area (Å²) in [5.41, 5.74) is 2.01. The van der Waals surface area contributed by atoms with Crippen LogP contribution in [0, 0.1) is 0 Å². The van der Waals surface area contributed by atoms with Gasteiger partial charge in [0, 0.05) is 19.4 Å². The Morgan fingerprint density at radius 2 is 1.73 bits per heavy atom. The molecule has 0 atom stereocenters. The lowest BCUT2D eigenvalue weighted by Gasteiger charge is -2.12. The lowest BCUT2D eigenvalue weighted by atomic mass is 10.2. The molecule has 0 radical (unpaired) electrons. The Kier molecular flexibility index (Phi) is 10.3. The van der Waals surface area contributed by atoms with Crippen LogP contribution in [0.5, 0.6) is 11.5 Å². The monoisotopic (exact) mass is 413 g/mol. The van der Waals surface area contributed by atoms with Crippen molar-refractivity contribution in [2.24, 2.45) is 0 Å². The van der Waals surface area contributed by atoms with Crippen LogP contribution in [-0.4, -0.2) is 32.2 Å². The van der Waals surface area contributed by atoms with Crippen LogP contribution < -0.4 is 14.8 Å². The van der Waals surface area contributed by atoms with Crippen LogP contribution in [0.1, 0.15) is 43.7 Å². The molecule has 0 unspecified atom stereocenters. The largest absolute Gasteiger partial charge is 0.493 e. The molecule has 0 heterocycles. The van der Waals surface area contributed by atoms with Gasteiger partial charge in [-0.1, -0.05) is 49.7 Å². The van der Waals surface area contributed by atoms with E-state index in [4.69, 9.17) is 14.2 Å². The first-order chi connectivity index (χ1) is 14.6. The Morgan fingerprint density at radius 3 is 2.47 bits per heavy atom. The number of amides is 1. The van der Waals surface area contributed by atoms with E-state index in [-0.39, 0.29) is 24.7 Å². The van der Waals surface area contributed by atoms with Gasteiger partial charge < -0.3 is 19.5 Å². The maximum absolute atomic E-state index is 12.0. The van der Waals surface area contributed by atoms with E-state index in [0.717, 1.165) is 24.0 Å². The molecule has 0 aliphatic heterocycles. The minimum absolute atomic E-state index is 0.0636. The van der Waals surface area contributed by atoms with Gasteiger partial charge in [-0.15, -0.1) is 0 Å². The average molecular weight is 414 g/mol. The maximum atomic E-state index is 12.0. The predicted molar refractivity (Wildman–Crippen MR) is 116 cm³/mol. The summed E-state index contributed by atoms with van der Waals surface area (Å²) in [6.07, 6.45) is 2.87. The van der Waals surface area contributed by atoms with Crippen molar-refractivity contribution in [3.63, 3.8) is 0 Å². The van der Waals surface area contributed by atoms with Crippen molar-refractivity contribution in [3.05, 3.63) is 59.7 Å². The van der Waals surface area contributed by atoms with Gasteiger partial charge >= 0.3 is 5.97 Å². The van der Waals surface area contributed by atoms with Gasteiger partial charge in [0.25, 0.3) is 0 Å². The van der Waals surface area contributed by atoms with Gasteiger partial charge in [-0.05, 0) is 29.7 Å². The van der Waals surface area contributed by atoms with Crippen LogP contribution in [0.3, 0.4) is 0 Å². The summed E-state index contributed by atoms with van der Waals surface area (Å²) in [5.74, 6) is 0.771. The van der Waals surface area contributed by atoms with E-state index in [0.29, 0.717) is 37.7 Å². The number of hydrogen-bond acceptors (Lipinski definition) is 5. The summed E-state index contributed by atoms with van der Waals surface area (Å²) in [6.45, 7) is 3.42. The topological polar surface area (TPSA) is 73.9 Å². The number of carbonyl (C=O) groups is 2. The molecular formula is C24H31NO5. The molecule has 1 N–H and O–H groups in total. The van der Waals surface area contributed by atoms with Crippen LogP contribution in [0.4, 0.5) is 0 Å². The molecule has 0 aliphatic rings. The molecule has 2 aromatic carbocycles. The average Bonchev–Trinajstić information content (AvgIpc) is 2.77. The second-order valence-corrected chi connectivity index (χ2v) is 6.92. The van der Waals surface area contributed by atoms with E-state index in [9.17, 15) is 9.59 Å². The van der Waals surface area contributed by atoms with E-state index in [1.54, 1.807) is 7.11 Å². The fourth-order valence-corrected chi connectivity index (χ4v) is 2.77. The highest BCUT2D eigenvalue weighted by molar-refractivity contribution is 5.81. The van der Waals surface area contributed by atoms with Gasteiger partial charge in [-0.3, -0.25) is 9.59 Å². The molecule has 0 fully saturated rings. The van der Waals surface area contributed by atoms with Crippen LogP contribution >= 0.6 is 0 Å². The fourth-order valence-electron chi connectivity index (χ4n) is 2.77. The van der Waals surface area contributed by atoms with Crippen LogP contribution in [0.15, 0.2) is 48.5 Å². The van der Waals surface area contributed by atoms with Crippen molar-refractivity contribution in [2.75, 3.05) is 20.3 Å². The van der Waals surface area contributed by atoms with Gasteiger partial charge in [0.15, 0.2) is 11.5 Å². The van der Waals surface area contributed by atoms with E-state index in [2.05, 4.69) is 12.2 Å². The quantitative estimate of drug-likeness (QED) is 0.396. The third-order valence-corrected chi connectivity index (χ3v) is 4.53. The van der Waals surface area contributed by atoms with Gasteiger partial charge in [0.05, 0.1) is 26.7 Å². The summed E-state index contributed by atoms with van der Waals surface area (Å²) < 4.78 is 16.3. The van der Waals surface area contributed by atoms with Crippen molar-refractivity contribution in [3.8, 4) is 11.5 Å². The second kappa shape index (κ2) is 13.2. The predicted octanol–water partition coefficient (Wildman–Crippen LogP) is 4.06. The smallest absolute Gasteiger partial charge is 0.306 e. The number of rotatable bonds is 13. The zero-order chi connectivity index (χ0) is 21.6. The Hall–Kier alpha value is -3.02. The number of carbonyl (C=O) groups excluding carboxylic acids is 2. The van der Waals surface area contributed by atoms with Crippen molar-refractivity contribution in [2.45, 2.75) is 45.6 Å². The second-order valence-electron chi connectivity index (χ2n) is 6.92. The van der Waals surface area contributed by atoms with E-state index < -0.39 is 0 Å². The number of nitrogens with one attached hydrogen (secondary N) is 1. The highest BCUT2D eigenvalue weighted by Gasteiger charge is 2.10. The Morgan fingerprint density at radius 1 is 0.933 bits per heavy atom. The standard InChI is InChI=1S/C24H31NO5/c1-3-4-15-29-21-11-10-20(17-22(21)28-2)18-25-23(26)12-13-24(27)30-16-14-19-8-6-5-7-9-19/h5-11,17H,3-4,12-16,18H2,1-2H3,(H,25,26). The SMILES string of the molecule is CCCCOc1ccc(CNC(=O)CCC(=O)OCCc2ccccc2)cc1OC. The van der Waals surface area contributed by atoms with Crippen molar-refractivity contribution < 1.29 is 23.8 Å². The molecule has 1 amide bonds. The number of unbranched alkanes of at least 4 members (excludes halogenated alkanes) is 1. The zero-order valence-electron chi connectivity index (χ0n) is 17.8. The third-order valence-electron chi connectivity index (χ3n) is 4.53. The van der Waals surface area contributed by atoms with Crippen molar-refractivity contribution in [1.82, 2.24) is 5.32 Å². The summed E-state index contributed by atoms with van der Waals surface area (Å²) in [5, 5.41) is 2.82. The summed E-state index contributed by atoms with van der Waals surface area (Å²) in [7, 11) is 1.59. The van der Waals surface area contributed by atoms with Crippen LogP contribution in [0.25, 0.3) is 0 Å². The molecule has 6 nitrogen and oxygen atoms in total. The molecule has 0 spiro atoms. The molecule has 6 heteroatoms. The normalized spacial score (nSPS) is 10.3. The minimum atomic E-state index is -0.365. The molecule has 0 aromatic heterocycles. The fraction of sp³-hybridized carbons (Fsp3) is 0.417. The van der Waals surface area contributed by atoms with Crippen molar-refractivity contribution >= 4 is 11.9 Å². The summed E-state index contributed by atoms with van der Waals surface area (Å²) in [4.78, 5) is 23.8. The molecule has 30 heavy (non-hydrogen) atoms. The number of ether oxygens (including phenoxy) is 3. The molecular weight excluding hydrogens is 382 g/mol. The van der Waals surface area contributed by atoms with Crippen LogP contribution in [-0.2, 0) is 27.3 Å². The van der Waals surface area contributed by atoms with Crippen LogP contribution in [0.2, 0.25) is 0 Å². The molecule has 0 aliphatic carbocycles. The number of esters is 1. The minimum Gasteiger partial charge on any atom is -0.493 e. The van der Waals surface area contributed by atoms with E-state index in [1.807, 2.05) is 48.5 Å². The number of methoxy groups -OCH3 is 1. The molecule has 0 bridgehead atoms. The number of benzene rings is 2.